The number of ether oxygens (including phenoxy) is 1. The summed E-state index contributed by atoms with van der Waals surface area (Å²) in [6.45, 7) is 1.90. The molecule has 1 amide bonds. The summed E-state index contributed by atoms with van der Waals surface area (Å²) in [4.78, 5) is 13.2. The summed E-state index contributed by atoms with van der Waals surface area (Å²) in [6.07, 6.45) is 0.201. The Bertz CT molecular complexity index is 1100. The van der Waals surface area contributed by atoms with E-state index in [1.807, 2.05) is 43.3 Å². The summed E-state index contributed by atoms with van der Waals surface area (Å²) >= 11 is 0. The van der Waals surface area contributed by atoms with Gasteiger partial charge in [0.2, 0.25) is 15.9 Å². The van der Waals surface area contributed by atoms with E-state index in [2.05, 4.69) is 10.0 Å². The Labute approximate surface area is 177 Å². The van der Waals surface area contributed by atoms with Crippen LogP contribution in [0.15, 0.2) is 83.8 Å². The van der Waals surface area contributed by atoms with Crippen LogP contribution in [-0.2, 0) is 21.2 Å². The summed E-state index contributed by atoms with van der Waals surface area (Å²) in [6, 6.07) is 21.6. The molecule has 30 heavy (non-hydrogen) atoms. The number of hydrogen-bond donors (Lipinski definition) is 2. The first kappa shape index (κ1) is 21.5. The number of sulfonamides is 1. The number of benzene rings is 3. The molecule has 2 N–H and O–H groups in total. The van der Waals surface area contributed by atoms with E-state index in [-0.39, 0.29) is 11.3 Å². The lowest BCUT2D eigenvalue weighted by Gasteiger charge is -2.20. The van der Waals surface area contributed by atoms with Gasteiger partial charge in [-0.3, -0.25) is 4.79 Å². The molecule has 0 spiro atoms. The summed E-state index contributed by atoms with van der Waals surface area (Å²) in [7, 11) is -2.37. The van der Waals surface area contributed by atoms with Crippen molar-refractivity contribution in [3.63, 3.8) is 0 Å². The van der Waals surface area contributed by atoms with Gasteiger partial charge in [0.25, 0.3) is 0 Å². The normalized spacial score (nSPS) is 12.2. The molecule has 0 fully saturated rings. The molecule has 3 aromatic rings. The Kier molecular flexibility index (Phi) is 6.87. The Morgan fingerprint density at radius 2 is 1.60 bits per heavy atom. The number of carbonyl (C=O) groups is 1. The second kappa shape index (κ2) is 9.56. The van der Waals surface area contributed by atoms with E-state index in [0.29, 0.717) is 11.4 Å². The summed E-state index contributed by atoms with van der Waals surface area (Å²) in [5, 5.41) is 2.81. The Hall–Kier alpha value is -3.16. The third-order valence-corrected chi connectivity index (χ3v) is 6.05. The molecular weight excluding hydrogens is 400 g/mol. The van der Waals surface area contributed by atoms with Crippen LogP contribution >= 0.6 is 0 Å². The molecule has 0 bridgehead atoms. The maximum atomic E-state index is 13.1. The van der Waals surface area contributed by atoms with Gasteiger partial charge in [-0.25, -0.2) is 8.42 Å². The number of nitrogens with one attached hydrogen (secondary N) is 2. The molecule has 0 saturated heterocycles. The van der Waals surface area contributed by atoms with Crippen LogP contribution in [0.3, 0.4) is 0 Å². The first-order valence-electron chi connectivity index (χ1n) is 9.46. The van der Waals surface area contributed by atoms with Crippen LogP contribution in [0.4, 0.5) is 5.69 Å². The van der Waals surface area contributed by atoms with Crippen molar-refractivity contribution in [1.29, 1.82) is 0 Å². The zero-order valence-electron chi connectivity index (χ0n) is 16.8. The highest BCUT2D eigenvalue weighted by Crippen LogP contribution is 2.25. The van der Waals surface area contributed by atoms with Gasteiger partial charge < -0.3 is 10.1 Å². The smallest absolute Gasteiger partial charge is 0.243 e. The fraction of sp³-hybridized carbons (Fsp3) is 0.174. The largest absolute Gasteiger partial charge is 0.495 e. The van der Waals surface area contributed by atoms with Crippen molar-refractivity contribution >= 4 is 21.6 Å². The minimum atomic E-state index is -3.88. The lowest BCUT2D eigenvalue weighted by Crippen LogP contribution is -2.45. The maximum absolute atomic E-state index is 13.1. The zero-order chi connectivity index (χ0) is 21.6. The fourth-order valence-electron chi connectivity index (χ4n) is 3.03. The molecule has 0 radical (unpaired) electrons. The highest BCUT2D eigenvalue weighted by molar-refractivity contribution is 7.89. The van der Waals surface area contributed by atoms with Gasteiger partial charge in [0.15, 0.2) is 0 Å². The molecule has 156 valence electrons. The number of hydrogen-bond acceptors (Lipinski definition) is 4. The van der Waals surface area contributed by atoms with Gasteiger partial charge in [-0.05, 0) is 48.7 Å². The van der Waals surface area contributed by atoms with E-state index >= 15 is 0 Å². The van der Waals surface area contributed by atoms with E-state index in [0.717, 1.165) is 11.1 Å². The standard InChI is InChI=1S/C23H24N2O4S/c1-17-13-14-22(29-2)20(15-17)24-23(26)21(16-18-9-5-3-6-10-18)25-30(27,28)19-11-7-4-8-12-19/h3-15,21,25H,16H2,1-2H3,(H,24,26)/t21-/m0/s1. The quantitative estimate of drug-likeness (QED) is 0.579. The van der Waals surface area contributed by atoms with Crippen molar-refractivity contribution in [1.82, 2.24) is 4.72 Å². The molecule has 0 aliphatic heterocycles. The van der Waals surface area contributed by atoms with Crippen molar-refractivity contribution in [3.8, 4) is 5.75 Å². The number of rotatable bonds is 8. The number of carbonyl (C=O) groups excluding carboxylic acids is 1. The molecule has 6 nitrogen and oxygen atoms in total. The minimum Gasteiger partial charge on any atom is -0.495 e. The molecular formula is C23H24N2O4S. The van der Waals surface area contributed by atoms with Crippen molar-refractivity contribution in [3.05, 3.63) is 90.0 Å². The lowest BCUT2D eigenvalue weighted by atomic mass is 10.1. The number of aryl methyl sites for hydroxylation is 1. The van der Waals surface area contributed by atoms with Gasteiger partial charge in [0.1, 0.15) is 11.8 Å². The summed E-state index contributed by atoms with van der Waals surface area (Å²) in [5.41, 5.74) is 2.26. The van der Waals surface area contributed by atoms with E-state index in [9.17, 15) is 13.2 Å². The SMILES string of the molecule is COc1ccc(C)cc1NC(=O)[C@H](Cc1ccccc1)NS(=O)(=O)c1ccccc1. The van der Waals surface area contributed by atoms with Gasteiger partial charge in [-0.1, -0.05) is 54.6 Å². The van der Waals surface area contributed by atoms with Crippen LogP contribution < -0.4 is 14.8 Å². The van der Waals surface area contributed by atoms with Crippen LogP contribution in [0.25, 0.3) is 0 Å². The van der Waals surface area contributed by atoms with E-state index in [4.69, 9.17) is 4.74 Å². The second-order valence-electron chi connectivity index (χ2n) is 6.87. The van der Waals surface area contributed by atoms with Gasteiger partial charge >= 0.3 is 0 Å². The number of methoxy groups -OCH3 is 1. The van der Waals surface area contributed by atoms with E-state index < -0.39 is 22.0 Å². The predicted molar refractivity (Wildman–Crippen MR) is 117 cm³/mol. The molecule has 3 rings (SSSR count). The van der Waals surface area contributed by atoms with Crippen LogP contribution in [-0.4, -0.2) is 27.5 Å². The minimum absolute atomic E-state index is 0.101. The van der Waals surface area contributed by atoms with Crippen LogP contribution in [0.5, 0.6) is 5.75 Å². The van der Waals surface area contributed by atoms with E-state index in [1.54, 1.807) is 30.3 Å². The Morgan fingerprint density at radius 3 is 2.23 bits per heavy atom. The monoisotopic (exact) mass is 424 g/mol. The maximum Gasteiger partial charge on any atom is 0.243 e. The van der Waals surface area contributed by atoms with Gasteiger partial charge in [-0.2, -0.15) is 4.72 Å². The fourth-order valence-corrected chi connectivity index (χ4v) is 4.25. The summed E-state index contributed by atoms with van der Waals surface area (Å²) < 4.78 is 33.6. The molecule has 3 aromatic carbocycles. The van der Waals surface area contributed by atoms with Crippen LogP contribution in [0.2, 0.25) is 0 Å². The van der Waals surface area contributed by atoms with Gasteiger partial charge in [0.05, 0.1) is 17.7 Å². The van der Waals surface area contributed by atoms with Crippen molar-refractivity contribution in [2.45, 2.75) is 24.3 Å². The first-order valence-corrected chi connectivity index (χ1v) is 10.9. The average molecular weight is 425 g/mol. The Balaban J connectivity index is 1.89. The molecule has 0 saturated carbocycles. The topological polar surface area (TPSA) is 84.5 Å². The molecule has 0 aliphatic rings. The number of anilines is 1. The van der Waals surface area contributed by atoms with Gasteiger partial charge in [-0.15, -0.1) is 0 Å². The molecule has 7 heteroatoms. The molecule has 0 unspecified atom stereocenters. The summed E-state index contributed by atoms with van der Waals surface area (Å²) in [5.74, 6) is 0.0283. The van der Waals surface area contributed by atoms with Crippen molar-refractivity contribution in [2.24, 2.45) is 0 Å². The Morgan fingerprint density at radius 1 is 0.967 bits per heavy atom. The van der Waals surface area contributed by atoms with Crippen LogP contribution in [0.1, 0.15) is 11.1 Å². The highest BCUT2D eigenvalue weighted by Gasteiger charge is 2.26. The lowest BCUT2D eigenvalue weighted by molar-refractivity contribution is -0.117. The predicted octanol–water partition coefficient (Wildman–Crippen LogP) is 3.53. The van der Waals surface area contributed by atoms with Gasteiger partial charge in [0, 0.05) is 0 Å². The third-order valence-electron chi connectivity index (χ3n) is 4.56. The molecule has 0 aromatic heterocycles. The van der Waals surface area contributed by atoms with Crippen LogP contribution in [0, 0.1) is 6.92 Å². The molecule has 0 aliphatic carbocycles. The molecule has 0 heterocycles. The zero-order valence-corrected chi connectivity index (χ0v) is 17.6. The number of amides is 1. The highest BCUT2D eigenvalue weighted by atomic mass is 32.2. The molecule has 1 atom stereocenters. The first-order chi connectivity index (χ1) is 14.4. The van der Waals surface area contributed by atoms with Crippen molar-refractivity contribution < 1.29 is 17.9 Å². The van der Waals surface area contributed by atoms with Crippen molar-refractivity contribution in [2.75, 3.05) is 12.4 Å². The third kappa shape index (κ3) is 5.46. The second-order valence-corrected chi connectivity index (χ2v) is 8.58. The van der Waals surface area contributed by atoms with E-state index in [1.165, 1.54) is 19.2 Å². The average Bonchev–Trinajstić information content (AvgIpc) is 2.75.